The normalized spacial score (nSPS) is 21.2. The number of hydrogen-bond donors (Lipinski definition) is 2. The average Bonchev–Trinajstić information content (AvgIpc) is 3.11. The minimum Gasteiger partial charge on any atom is -0.357 e. The van der Waals surface area contributed by atoms with Gasteiger partial charge in [-0.15, -0.1) is 12.4 Å². The van der Waals surface area contributed by atoms with Gasteiger partial charge in [-0.25, -0.2) is 13.1 Å². The molecule has 3 heterocycles. The second-order valence-electron chi connectivity index (χ2n) is 8.31. The van der Waals surface area contributed by atoms with Crippen LogP contribution in [0.15, 0.2) is 29.2 Å². The molecule has 0 saturated heterocycles. The molecule has 2 amide bonds. The van der Waals surface area contributed by atoms with Gasteiger partial charge < -0.3 is 15.5 Å². The molecule has 0 spiro atoms. The number of likely N-dealkylation sites (N-methyl/N-ethyl adjacent to an activating group) is 1. The van der Waals surface area contributed by atoms with Crippen LogP contribution in [0.4, 0.5) is 0 Å². The van der Waals surface area contributed by atoms with Crippen molar-refractivity contribution in [1.82, 2.24) is 25.3 Å². The molecule has 1 aromatic carbocycles. The van der Waals surface area contributed by atoms with Gasteiger partial charge in [0.25, 0.3) is 5.91 Å². The lowest BCUT2D eigenvalue weighted by atomic mass is 9.98. The van der Waals surface area contributed by atoms with Crippen LogP contribution >= 0.6 is 12.4 Å². The van der Waals surface area contributed by atoms with E-state index >= 15 is 0 Å². The van der Waals surface area contributed by atoms with E-state index in [9.17, 15) is 18.0 Å². The summed E-state index contributed by atoms with van der Waals surface area (Å²) in [5.41, 5.74) is 2.95. The third-order valence-corrected chi connectivity index (χ3v) is 7.28. The molecule has 3 atom stereocenters. The van der Waals surface area contributed by atoms with Gasteiger partial charge in [-0.2, -0.15) is 5.10 Å². The predicted molar refractivity (Wildman–Crippen MR) is 122 cm³/mol. The molecule has 2 aliphatic rings. The van der Waals surface area contributed by atoms with Gasteiger partial charge >= 0.3 is 0 Å². The first-order valence-corrected chi connectivity index (χ1v) is 12.2. The van der Waals surface area contributed by atoms with Crippen molar-refractivity contribution >= 4 is 34.1 Å². The third-order valence-electron chi connectivity index (χ3n) is 6.15. The van der Waals surface area contributed by atoms with Crippen LogP contribution in [0.25, 0.3) is 0 Å². The highest BCUT2D eigenvalue weighted by Gasteiger charge is 2.41. The van der Waals surface area contributed by atoms with E-state index < -0.39 is 15.9 Å². The smallest absolute Gasteiger partial charge is 0.273 e. The molecule has 32 heavy (non-hydrogen) atoms. The standard InChI is InChI=1S/C21H27N5O4S.ClH/c1-12-9-17-16(10-23-12)19-21(28)25(11-18(20(27)22-3)26(19)24-17)13(2)14-5-7-15(8-6-14)31(4,29)30;/h5-8,12-13,18,23H,9-11H2,1-4H3,(H,22,27);1H/t12?,13-,18?;/m0./s1. The maximum Gasteiger partial charge on any atom is 0.273 e. The van der Waals surface area contributed by atoms with Crippen LogP contribution in [0, 0.1) is 0 Å². The molecular formula is C21H28ClN5O4S. The first-order valence-electron chi connectivity index (χ1n) is 10.3. The summed E-state index contributed by atoms with van der Waals surface area (Å²) in [6.45, 7) is 4.66. The van der Waals surface area contributed by atoms with Crippen molar-refractivity contribution in [2.75, 3.05) is 19.8 Å². The summed E-state index contributed by atoms with van der Waals surface area (Å²) >= 11 is 0. The number of nitrogens with zero attached hydrogens (tertiary/aromatic N) is 3. The molecule has 4 rings (SSSR count). The number of halogens is 1. The first kappa shape index (κ1) is 24.2. The van der Waals surface area contributed by atoms with E-state index in [1.165, 1.54) is 0 Å². The fourth-order valence-electron chi connectivity index (χ4n) is 4.31. The highest BCUT2D eigenvalue weighted by Crippen LogP contribution is 2.33. The van der Waals surface area contributed by atoms with Crippen molar-refractivity contribution < 1.29 is 18.0 Å². The van der Waals surface area contributed by atoms with E-state index in [-0.39, 0.29) is 47.7 Å². The van der Waals surface area contributed by atoms with Gasteiger partial charge in [-0.05, 0) is 31.5 Å². The molecule has 2 aliphatic heterocycles. The van der Waals surface area contributed by atoms with E-state index in [4.69, 9.17) is 0 Å². The lowest BCUT2D eigenvalue weighted by Gasteiger charge is -2.37. The number of fused-ring (bicyclic) bond motifs is 3. The van der Waals surface area contributed by atoms with Crippen LogP contribution in [0.2, 0.25) is 0 Å². The topological polar surface area (TPSA) is 113 Å². The lowest BCUT2D eigenvalue weighted by molar-refractivity contribution is -0.125. The Hall–Kier alpha value is -2.43. The van der Waals surface area contributed by atoms with Crippen LogP contribution in [0.3, 0.4) is 0 Å². The molecule has 11 heteroatoms. The summed E-state index contributed by atoms with van der Waals surface area (Å²) < 4.78 is 25.1. The summed E-state index contributed by atoms with van der Waals surface area (Å²) in [5, 5.41) is 10.7. The van der Waals surface area contributed by atoms with Crippen molar-refractivity contribution in [2.24, 2.45) is 0 Å². The zero-order valence-electron chi connectivity index (χ0n) is 18.5. The first-order chi connectivity index (χ1) is 14.6. The van der Waals surface area contributed by atoms with Gasteiger partial charge in [0.1, 0.15) is 11.7 Å². The summed E-state index contributed by atoms with van der Waals surface area (Å²) in [5.74, 6) is -0.385. The van der Waals surface area contributed by atoms with E-state index in [0.717, 1.165) is 23.1 Å². The lowest BCUT2D eigenvalue weighted by Crippen LogP contribution is -2.49. The Morgan fingerprint density at radius 2 is 1.94 bits per heavy atom. The van der Waals surface area contributed by atoms with Crippen molar-refractivity contribution in [3.8, 4) is 0 Å². The largest absolute Gasteiger partial charge is 0.357 e. The molecular weight excluding hydrogens is 454 g/mol. The zero-order valence-corrected chi connectivity index (χ0v) is 20.1. The number of hydrogen-bond acceptors (Lipinski definition) is 6. The van der Waals surface area contributed by atoms with E-state index in [1.807, 2.05) is 6.92 Å². The summed E-state index contributed by atoms with van der Waals surface area (Å²) in [6.07, 6.45) is 1.86. The molecule has 2 N–H and O–H groups in total. The molecule has 0 bridgehead atoms. The van der Waals surface area contributed by atoms with Crippen LogP contribution in [-0.2, 0) is 27.6 Å². The van der Waals surface area contributed by atoms with Crippen LogP contribution in [0.1, 0.15) is 53.2 Å². The molecule has 9 nitrogen and oxygen atoms in total. The van der Waals surface area contributed by atoms with Gasteiger partial charge in [0.2, 0.25) is 5.91 Å². The molecule has 0 saturated carbocycles. The number of rotatable bonds is 4. The van der Waals surface area contributed by atoms with Crippen molar-refractivity contribution in [3.05, 3.63) is 46.8 Å². The van der Waals surface area contributed by atoms with Gasteiger partial charge in [0.05, 0.1) is 23.2 Å². The highest BCUT2D eigenvalue weighted by molar-refractivity contribution is 7.90. The number of carbonyl (C=O) groups excluding carboxylic acids is 2. The van der Waals surface area contributed by atoms with E-state index in [0.29, 0.717) is 18.7 Å². The number of aromatic nitrogens is 2. The molecule has 1 aromatic heterocycles. The quantitative estimate of drug-likeness (QED) is 0.679. The van der Waals surface area contributed by atoms with Crippen molar-refractivity contribution in [1.29, 1.82) is 0 Å². The minimum absolute atomic E-state index is 0. The Kier molecular flexibility index (Phi) is 6.69. The molecule has 0 aliphatic carbocycles. The fraction of sp³-hybridized carbons (Fsp3) is 0.476. The number of amides is 2. The van der Waals surface area contributed by atoms with E-state index in [1.54, 1.807) is 40.9 Å². The minimum atomic E-state index is -3.30. The van der Waals surface area contributed by atoms with Gasteiger partial charge in [-0.3, -0.25) is 9.59 Å². The fourth-order valence-corrected chi connectivity index (χ4v) is 4.94. The molecule has 174 valence electrons. The monoisotopic (exact) mass is 481 g/mol. The number of carbonyl (C=O) groups is 2. The van der Waals surface area contributed by atoms with Gasteiger partial charge in [0.15, 0.2) is 9.84 Å². The Balaban J connectivity index is 0.00000289. The maximum atomic E-state index is 13.5. The van der Waals surface area contributed by atoms with Crippen molar-refractivity contribution in [3.63, 3.8) is 0 Å². The summed E-state index contributed by atoms with van der Waals surface area (Å²) in [7, 11) is -1.73. The highest BCUT2D eigenvalue weighted by atomic mass is 35.5. The number of nitrogens with one attached hydrogen (secondary N) is 2. The Labute approximate surface area is 193 Å². The van der Waals surface area contributed by atoms with Gasteiger partial charge in [-0.1, -0.05) is 12.1 Å². The van der Waals surface area contributed by atoms with Crippen LogP contribution in [0.5, 0.6) is 0 Å². The number of sulfone groups is 1. The number of benzene rings is 1. The second kappa shape index (κ2) is 8.84. The Bertz CT molecular complexity index is 1150. The average molecular weight is 482 g/mol. The van der Waals surface area contributed by atoms with Gasteiger partial charge in [0, 0.05) is 37.9 Å². The molecule has 0 radical (unpaired) electrons. The molecule has 2 aromatic rings. The van der Waals surface area contributed by atoms with Crippen LogP contribution < -0.4 is 10.6 Å². The summed E-state index contributed by atoms with van der Waals surface area (Å²) in [4.78, 5) is 28.1. The second-order valence-corrected chi connectivity index (χ2v) is 10.3. The predicted octanol–water partition coefficient (Wildman–Crippen LogP) is 1.25. The SMILES string of the molecule is CNC(=O)C1CN([C@@H](C)c2ccc(S(C)(=O)=O)cc2)C(=O)c2c3c(nn21)CC(C)NC3.Cl. The molecule has 2 unspecified atom stereocenters. The third kappa shape index (κ3) is 4.14. The maximum absolute atomic E-state index is 13.5. The van der Waals surface area contributed by atoms with E-state index in [2.05, 4.69) is 22.7 Å². The van der Waals surface area contributed by atoms with Crippen LogP contribution in [-0.4, -0.2) is 60.8 Å². The summed E-state index contributed by atoms with van der Waals surface area (Å²) in [6, 6.07) is 5.80. The molecule has 0 fully saturated rings. The Morgan fingerprint density at radius 3 is 2.53 bits per heavy atom. The van der Waals surface area contributed by atoms with Crippen molar-refractivity contribution in [2.45, 2.75) is 49.8 Å². The zero-order chi connectivity index (χ0) is 22.5. The Morgan fingerprint density at radius 1 is 1.28 bits per heavy atom.